The molecule has 4 heterocycles. The van der Waals surface area contributed by atoms with Crippen molar-refractivity contribution in [2.45, 2.75) is 25.3 Å². The number of rotatable bonds is 4. The van der Waals surface area contributed by atoms with Gasteiger partial charge in [0, 0.05) is 55.4 Å². The highest BCUT2D eigenvalue weighted by atomic mass is 32.2. The van der Waals surface area contributed by atoms with Crippen molar-refractivity contribution in [2.24, 2.45) is 5.92 Å². The first-order chi connectivity index (χ1) is 12.8. The molecule has 136 valence electrons. The van der Waals surface area contributed by atoms with Gasteiger partial charge in [0.1, 0.15) is 11.6 Å². The van der Waals surface area contributed by atoms with Gasteiger partial charge < -0.3 is 10.2 Å². The van der Waals surface area contributed by atoms with Crippen molar-refractivity contribution in [2.75, 3.05) is 42.7 Å². The maximum absolute atomic E-state index is 9.18. The fourth-order valence-electron chi connectivity index (χ4n) is 3.83. The Hall–Kier alpha value is -2.04. The van der Waals surface area contributed by atoms with Gasteiger partial charge in [0.25, 0.3) is 0 Å². The lowest BCUT2D eigenvalue weighted by Gasteiger charge is -2.30. The van der Waals surface area contributed by atoms with Crippen LogP contribution in [0.2, 0.25) is 0 Å². The van der Waals surface area contributed by atoms with Crippen LogP contribution in [0.15, 0.2) is 24.5 Å². The number of fused-ring (bicyclic) bond motifs is 1. The number of nitrogens with one attached hydrogen (secondary N) is 1. The Morgan fingerprint density at radius 2 is 2.08 bits per heavy atom. The lowest BCUT2D eigenvalue weighted by Crippen LogP contribution is -2.35. The van der Waals surface area contributed by atoms with Crippen molar-refractivity contribution in [3.8, 4) is 6.07 Å². The molecule has 6 nitrogen and oxygen atoms in total. The van der Waals surface area contributed by atoms with E-state index in [9.17, 15) is 5.26 Å². The van der Waals surface area contributed by atoms with E-state index in [0.717, 1.165) is 67.8 Å². The van der Waals surface area contributed by atoms with E-state index in [-0.39, 0.29) is 5.92 Å². The summed E-state index contributed by atoms with van der Waals surface area (Å²) in [6.45, 7) is 3.88. The van der Waals surface area contributed by atoms with Crippen molar-refractivity contribution >= 4 is 34.4 Å². The molecule has 1 N–H and O–H groups in total. The van der Waals surface area contributed by atoms with Crippen LogP contribution >= 0.6 is 11.9 Å². The van der Waals surface area contributed by atoms with Crippen molar-refractivity contribution in [3.05, 3.63) is 24.5 Å². The maximum Gasteiger partial charge on any atom is 0.136 e. The van der Waals surface area contributed by atoms with Crippen LogP contribution in [0.5, 0.6) is 0 Å². The number of piperidine rings is 1. The highest BCUT2D eigenvalue weighted by Crippen LogP contribution is 2.30. The van der Waals surface area contributed by atoms with Gasteiger partial charge in [-0.1, -0.05) is 11.9 Å². The van der Waals surface area contributed by atoms with Gasteiger partial charge in [-0.05, 0) is 37.7 Å². The second kappa shape index (κ2) is 7.68. The van der Waals surface area contributed by atoms with E-state index in [4.69, 9.17) is 0 Å². The lowest BCUT2D eigenvalue weighted by atomic mass is 10.1. The molecule has 0 radical (unpaired) electrons. The SMILES string of the molecule is CSN1CCC(Nc2cc3c(N4CCC(C#N)C4)nccc3cn2)CC1. The molecule has 0 bridgehead atoms. The smallest absolute Gasteiger partial charge is 0.136 e. The first-order valence-corrected chi connectivity index (χ1v) is 10.4. The molecule has 0 spiro atoms. The molecule has 7 heteroatoms. The predicted molar refractivity (Wildman–Crippen MR) is 107 cm³/mol. The fraction of sp³-hybridized carbons (Fsp3) is 0.526. The minimum absolute atomic E-state index is 0.105. The van der Waals surface area contributed by atoms with Crippen LogP contribution in [0.25, 0.3) is 10.8 Å². The number of hydrogen-bond donors (Lipinski definition) is 1. The van der Waals surface area contributed by atoms with Crippen molar-refractivity contribution in [3.63, 3.8) is 0 Å². The highest BCUT2D eigenvalue weighted by molar-refractivity contribution is 7.96. The van der Waals surface area contributed by atoms with Crippen LogP contribution in [-0.4, -0.2) is 52.7 Å². The molecule has 0 amide bonds. The molecular formula is C19H24N6S. The fourth-order valence-corrected chi connectivity index (χ4v) is 4.41. The number of aromatic nitrogens is 2. The Labute approximate surface area is 158 Å². The highest BCUT2D eigenvalue weighted by Gasteiger charge is 2.25. The van der Waals surface area contributed by atoms with Crippen LogP contribution < -0.4 is 10.2 Å². The van der Waals surface area contributed by atoms with Gasteiger partial charge in [0.05, 0.1) is 12.0 Å². The van der Waals surface area contributed by atoms with Gasteiger partial charge in [0.2, 0.25) is 0 Å². The normalized spacial score (nSPS) is 21.8. The monoisotopic (exact) mass is 368 g/mol. The third-order valence-electron chi connectivity index (χ3n) is 5.36. The zero-order valence-electron chi connectivity index (χ0n) is 15.1. The molecule has 0 aliphatic carbocycles. The van der Waals surface area contributed by atoms with Crippen molar-refractivity contribution in [1.29, 1.82) is 5.26 Å². The quantitative estimate of drug-likeness (QED) is 0.832. The van der Waals surface area contributed by atoms with E-state index in [1.54, 1.807) is 0 Å². The molecule has 1 unspecified atom stereocenters. The average Bonchev–Trinajstić information content (AvgIpc) is 3.17. The van der Waals surface area contributed by atoms with Crippen molar-refractivity contribution in [1.82, 2.24) is 14.3 Å². The molecule has 2 fully saturated rings. The van der Waals surface area contributed by atoms with Gasteiger partial charge in [-0.25, -0.2) is 9.97 Å². The summed E-state index contributed by atoms with van der Waals surface area (Å²) in [5.74, 6) is 2.00. The molecule has 2 saturated heterocycles. The molecule has 4 rings (SSSR count). The predicted octanol–water partition coefficient (Wildman–Crippen LogP) is 3.13. The third-order valence-corrected chi connectivity index (χ3v) is 6.24. The minimum Gasteiger partial charge on any atom is -0.367 e. The molecule has 2 aromatic heterocycles. The summed E-state index contributed by atoms with van der Waals surface area (Å²) in [6, 6.07) is 6.98. The number of anilines is 2. The summed E-state index contributed by atoms with van der Waals surface area (Å²) < 4.78 is 2.41. The summed E-state index contributed by atoms with van der Waals surface area (Å²) in [5.41, 5.74) is 0. The summed E-state index contributed by atoms with van der Waals surface area (Å²) in [6.07, 6.45) is 9.09. The molecule has 26 heavy (non-hydrogen) atoms. The Morgan fingerprint density at radius 3 is 2.81 bits per heavy atom. The second-order valence-electron chi connectivity index (χ2n) is 7.02. The summed E-state index contributed by atoms with van der Waals surface area (Å²) in [7, 11) is 0. The van der Waals surface area contributed by atoms with Crippen LogP contribution in [-0.2, 0) is 0 Å². The van der Waals surface area contributed by atoms with E-state index >= 15 is 0 Å². The van der Waals surface area contributed by atoms with E-state index in [2.05, 4.69) is 42.9 Å². The van der Waals surface area contributed by atoms with Gasteiger partial charge in [-0.3, -0.25) is 4.31 Å². The van der Waals surface area contributed by atoms with E-state index in [1.807, 2.05) is 30.4 Å². The van der Waals surface area contributed by atoms with Gasteiger partial charge in [-0.15, -0.1) is 0 Å². The second-order valence-corrected chi connectivity index (χ2v) is 7.90. The van der Waals surface area contributed by atoms with Gasteiger partial charge in [-0.2, -0.15) is 5.26 Å². The Morgan fingerprint density at radius 1 is 1.23 bits per heavy atom. The Bertz CT molecular complexity index is 811. The summed E-state index contributed by atoms with van der Waals surface area (Å²) >= 11 is 1.83. The summed E-state index contributed by atoms with van der Waals surface area (Å²) in [5, 5.41) is 15.0. The first-order valence-electron chi connectivity index (χ1n) is 9.21. The van der Waals surface area contributed by atoms with E-state index in [1.165, 1.54) is 0 Å². The summed E-state index contributed by atoms with van der Waals surface area (Å²) in [4.78, 5) is 11.5. The molecule has 0 aromatic carbocycles. The number of hydrogen-bond acceptors (Lipinski definition) is 7. The number of nitrogens with zero attached hydrogens (tertiary/aromatic N) is 5. The molecule has 2 aromatic rings. The van der Waals surface area contributed by atoms with Gasteiger partial charge >= 0.3 is 0 Å². The number of nitriles is 1. The van der Waals surface area contributed by atoms with E-state index < -0.39 is 0 Å². The molecule has 2 aliphatic rings. The Balaban J connectivity index is 1.55. The zero-order chi connectivity index (χ0) is 17.9. The average molecular weight is 369 g/mol. The topological polar surface area (TPSA) is 68.1 Å². The van der Waals surface area contributed by atoms with Crippen molar-refractivity contribution < 1.29 is 0 Å². The molecule has 0 saturated carbocycles. The Kier molecular flexibility index (Phi) is 5.14. The van der Waals surface area contributed by atoms with Crippen LogP contribution in [0, 0.1) is 17.2 Å². The minimum atomic E-state index is 0.105. The van der Waals surface area contributed by atoms with Crippen LogP contribution in [0.1, 0.15) is 19.3 Å². The van der Waals surface area contributed by atoms with E-state index in [0.29, 0.717) is 6.04 Å². The third kappa shape index (κ3) is 3.57. The lowest BCUT2D eigenvalue weighted by molar-refractivity contribution is 0.359. The van der Waals surface area contributed by atoms with Crippen LogP contribution in [0.4, 0.5) is 11.6 Å². The van der Waals surface area contributed by atoms with Crippen LogP contribution in [0.3, 0.4) is 0 Å². The molecule has 2 aliphatic heterocycles. The molecule has 1 atom stereocenters. The molecular weight excluding hydrogens is 344 g/mol. The number of pyridine rings is 2. The van der Waals surface area contributed by atoms with Gasteiger partial charge in [0.15, 0.2) is 0 Å². The largest absolute Gasteiger partial charge is 0.367 e. The first kappa shape index (κ1) is 17.4. The zero-order valence-corrected chi connectivity index (χ0v) is 15.9. The standard InChI is InChI=1S/C19H24N6S/c1-26-25-8-4-16(5-9-25)23-18-10-17-15(12-22-18)2-6-21-19(17)24-7-3-14(11-20)13-24/h2,6,10,12,14,16H,3-5,7-9,13H2,1H3,(H,22,23). The maximum atomic E-state index is 9.18.